The number of thiocarbonyl (C=S) groups is 1. The van der Waals surface area contributed by atoms with Crippen molar-refractivity contribution in [2.45, 2.75) is 31.7 Å². The molecule has 2 heterocycles. The third-order valence-electron chi connectivity index (χ3n) is 5.18. The molecule has 2 saturated heterocycles. The summed E-state index contributed by atoms with van der Waals surface area (Å²) < 4.78 is 5.90. The second kappa shape index (κ2) is 8.67. The van der Waals surface area contributed by atoms with E-state index < -0.39 is 0 Å². The molecule has 5 heteroatoms. The minimum absolute atomic E-state index is 0.549. The van der Waals surface area contributed by atoms with Gasteiger partial charge in [-0.05, 0) is 76.1 Å². The Balaban J connectivity index is 1.36. The summed E-state index contributed by atoms with van der Waals surface area (Å²) in [6, 6.07) is 10.7. The average Bonchev–Trinajstić information content (AvgIpc) is 2.63. The van der Waals surface area contributed by atoms with Crippen LogP contribution in [0.4, 0.5) is 0 Å². The molecule has 1 aromatic rings. The fourth-order valence-electron chi connectivity index (χ4n) is 3.45. The van der Waals surface area contributed by atoms with E-state index in [1.807, 2.05) is 30.3 Å². The van der Waals surface area contributed by atoms with Crippen LogP contribution < -0.4 is 10.1 Å². The van der Waals surface area contributed by atoms with Crippen molar-refractivity contribution in [3.8, 4) is 5.75 Å². The van der Waals surface area contributed by atoms with Crippen LogP contribution in [0.5, 0.6) is 5.75 Å². The van der Waals surface area contributed by atoms with Crippen molar-refractivity contribution < 1.29 is 4.74 Å². The standard InChI is InChI=1S/C19H29N3OS/c1-21-11-9-17(10-12-21)20-19(24)22-13-7-16(8-14-22)15-23-18-5-3-2-4-6-18/h2-6,16-17H,7-15H2,1H3,(H,20,24). The first-order valence-corrected chi connectivity index (χ1v) is 9.53. The number of rotatable bonds is 4. The van der Waals surface area contributed by atoms with Gasteiger partial charge < -0.3 is 19.9 Å². The zero-order valence-electron chi connectivity index (χ0n) is 14.6. The highest BCUT2D eigenvalue weighted by atomic mass is 32.1. The summed E-state index contributed by atoms with van der Waals surface area (Å²) in [6.45, 7) is 5.23. The molecule has 0 saturated carbocycles. The van der Waals surface area contributed by atoms with Gasteiger partial charge in [0.2, 0.25) is 0 Å². The second-order valence-electron chi connectivity index (χ2n) is 7.08. The fraction of sp³-hybridized carbons (Fsp3) is 0.632. The lowest BCUT2D eigenvalue weighted by molar-refractivity contribution is 0.178. The first-order valence-electron chi connectivity index (χ1n) is 9.12. The van der Waals surface area contributed by atoms with Crippen molar-refractivity contribution >= 4 is 17.3 Å². The number of ether oxygens (including phenoxy) is 1. The van der Waals surface area contributed by atoms with Gasteiger partial charge in [-0.2, -0.15) is 0 Å². The smallest absolute Gasteiger partial charge is 0.169 e. The first-order chi connectivity index (χ1) is 11.7. The Labute approximate surface area is 151 Å². The second-order valence-corrected chi connectivity index (χ2v) is 7.47. The maximum Gasteiger partial charge on any atom is 0.169 e. The van der Waals surface area contributed by atoms with Crippen LogP contribution in [0.3, 0.4) is 0 Å². The quantitative estimate of drug-likeness (QED) is 0.846. The number of hydrogen-bond acceptors (Lipinski definition) is 3. The average molecular weight is 348 g/mol. The van der Waals surface area contributed by atoms with Crippen molar-refractivity contribution in [3.63, 3.8) is 0 Å². The molecular weight excluding hydrogens is 318 g/mol. The summed E-state index contributed by atoms with van der Waals surface area (Å²) >= 11 is 5.63. The summed E-state index contributed by atoms with van der Waals surface area (Å²) in [7, 11) is 2.19. The maximum absolute atomic E-state index is 5.90. The number of likely N-dealkylation sites (tertiary alicyclic amines) is 2. The topological polar surface area (TPSA) is 27.7 Å². The monoisotopic (exact) mass is 347 g/mol. The number of nitrogens with zero attached hydrogens (tertiary/aromatic N) is 2. The van der Waals surface area contributed by atoms with E-state index in [1.54, 1.807) is 0 Å². The fourth-order valence-corrected chi connectivity index (χ4v) is 3.80. The summed E-state index contributed by atoms with van der Waals surface area (Å²) in [5.74, 6) is 1.60. The van der Waals surface area contributed by atoms with E-state index in [9.17, 15) is 0 Å². The van der Waals surface area contributed by atoms with Gasteiger partial charge in [-0.1, -0.05) is 18.2 Å². The van der Waals surface area contributed by atoms with E-state index in [1.165, 1.54) is 25.9 Å². The summed E-state index contributed by atoms with van der Waals surface area (Å²) in [5, 5.41) is 4.53. The molecular formula is C19H29N3OS. The highest BCUT2D eigenvalue weighted by Gasteiger charge is 2.24. The van der Waals surface area contributed by atoms with Gasteiger partial charge in [0, 0.05) is 19.1 Å². The molecule has 132 valence electrons. The molecule has 0 atom stereocenters. The summed E-state index contributed by atoms with van der Waals surface area (Å²) in [4.78, 5) is 4.73. The van der Waals surface area contributed by atoms with Crippen LogP contribution in [0.2, 0.25) is 0 Å². The molecule has 1 N–H and O–H groups in total. The van der Waals surface area contributed by atoms with Crippen LogP contribution in [-0.2, 0) is 0 Å². The predicted octanol–water partition coefficient (Wildman–Crippen LogP) is 2.75. The van der Waals surface area contributed by atoms with Gasteiger partial charge in [-0.15, -0.1) is 0 Å². The van der Waals surface area contributed by atoms with Gasteiger partial charge in [-0.3, -0.25) is 0 Å². The van der Waals surface area contributed by atoms with Gasteiger partial charge in [0.1, 0.15) is 5.75 Å². The number of benzene rings is 1. The Bertz CT molecular complexity index is 509. The van der Waals surface area contributed by atoms with E-state index in [0.29, 0.717) is 12.0 Å². The van der Waals surface area contributed by atoms with E-state index in [-0.39, 0.29) is 0 Å². The molecule has 0 amide bonds. The minimum atomic E-state index is 0.549. The van der Waals surface area contributed by atoms with Crippen LogP contribution >= 0.6 is 12.2 Å². The Morgan fingerprint density at radius 1 is 1.08 bits per heavy atom. The minimum Gasteiger partial charge on any atom is -0.493 e. The lowest BCUT2D eigenvalue weighted by Gasteiger charge is -2.36. The number of piperidine rings is 2. The van der Waals surface area contributed by atoms with E-state index in [4.69, 9.17) is 17.0 Å². The lowest BCUT2D eigenvalue weighted by atomic mass is 9.98. The Kier molecular flexibility index (Phi) is 6.32. The van der Waals surface area contributed by atoms with Crippen LogP contribution in [0, 0.1) is 5.92 Å². The lowest BCUT2D eigenvalue weighted by Crippen LogP contribution is -2.50. The molecule has 0 radical (unpaired) electrons. The molecule has 0 unspecified atom stereocenters. The molecule has 0 bridgehead atoms. The zero-order valence-corrected chi connectivity index (χ0v) is 15.4. The van der Waals surface area contributed by atoms with Gasteiger partial charge in [0.15, 0.2) is 5.11 Å². The van der Waals surface area contributed by atoms with Crippen LogP contribution in [0.15, 0.2) is 30.3 Å². The van der Waals surface area contributed by atoms with Gasteiger partial charge in [0.25, 0.3) is 0 Å². The maximum atomic E-state index is 5.90. The summed E-state index contributed by atoms with van der Waals surface area (Å²) in [6.07, 6.45) is 4.69. The van der Waals surface area contributed by atoms with Crippen molar-refractivity contribution in [2.24, 2.45) is 5.92 Å². The SMILES string of the molecule is CN1CCC(NC(=S)N2CCC(COc3ccccc3)CC2)CC1. The van der Waals surface area contributed by atoms with Crippen molar-refractivity contribution in [2.75, 3.05) is 39.8 Å². The van der Waals surface area contributed by atoms with Crippen molar-refractivity contribution in [3.05, 3.63) is 30.3 Å². The molecule has 0 aromatic heterocycles. The van der Waals surface area contributed by atoms with Gasteiger partial charge >= 0.3 is 0 Å². The van der Waals surface area contributed by atoms with Gasteiger partial charge in [0.05, 0.1) is 6.61 Å². The van der Waals surface area contributed by atoms with Crippen LogP contribution in [-0.4, -0.2) is 60.8 Å². The number of hydrogen-bond donors (Lipinski definition) is 1. The molecule has 4 nitrogen and oxygen atoms in total. The predicted molar refractivity (Wildman–Crippen MR) is 102 cm³/mol. The van der Waals surface area contributed by atoms with Crippen molar-refractivity contribution in [1.29, 1.82) is 0 Å². The molecule has 1 aromatic carbocycles. The Hall–Kier alpha value is -1.33. The number of nitrogens with one attached hydrogen (secondary N) is 1. The third-order valence-corrected chi connectivity index (χ3v) is 5.55. The Morgan fingerprint density at radius 3 is 2.42 bits per heavy atom. The van der Waals surface area contributed by atoms with Gasteiger partial charge in [-0.25, -0.2) is 0 Å². The highest BCUT2D eigenvalue weighted by Crippen LogP contribution is 2.20. The molecule has 2 aliphatic rings. The molecule has 0 spiro atoms. The van der Waals surface area contributed by atoms with E-state index in [0.717, 1.165) is 43.4 Å². The number of para-hydroxylation sites is 1. The molecule has 2 fully saturated rings. The van der Waals surface area contributed by atoms with Crippen molar-refractivity contribution in [1.82, 2.24) is 15.1 Å². The Morgan fingerprint density at radius 2 is 1.75 bits per heavy atom. The summed E-state index contributed by atoms with van der Waals surface area (Å²) in [5.41, 5.74) is 0. The third kappa shape index (κ3) is 5.08. The molecule has 24 heavy (non-hydrogen) atoms. The largest absolute Gasteiger partial charge is 0.493 e. The van der Waals surface area contributed by atoms with E-state index >= 15 is 0 Å². The normalized spacial score (nSPS) is 20.8. The molecule has 2 aliphatic heterocycles. The van der Waals surface area contributed by atoms with Crippen LogP contribution in [0.1, 0.15) is 25.7 Å². The zero-order chi connectivity index (χ0) is 16.8. The highest BCUT2D eigenvalue weighted by molar-refractivity contribution is 7.80. The first kappa shape index (κ1) is 17.5. The molecule has 3 rings (SSSR count). The van der Waals surface area contributed by atoms with Crippen LogP contribution in [0.25, 0.3) is 0 Å². The van der Waals surface area contributed by atoms with E-state index in [2.05, 4.69) is 22.2 Å². The molecule has 0 aliphatic carbocycles.